The lowest BCUT2D eigenvalue weighted by molar-refractivity contribution is 0.357. The minimum Gasteiger partial charge on any atom is -0.0656 e. The van der Waals surface area contributed by atoms with Crippen molar-refractivity contribution in [2.24, 2.45) is 41.4 Å². The van der Waals surface area contributed by atoms with E-state index in [1.54, 1.807) is 0 Å². The van der Waals surface area contributed by atoms with Gasteiger partial charge in [-0.25, -0.2) is 0 Å². The van der Waals surface area contributed by atoms with E-state index in [2.05, 4.69) is 104 Å². The Kier molecular flexibility index (Phi) is 37.5. The van der Waals surface area contributed by atoms with Crippen molar-refractivity contribution < 1.29 is 0 Å². The topological polar surface area (TPSA) is 0 Å². The van der Waals surface area contributed by atoms with E-state index >= 15 is 0 Å². The van der Waals surface area contributed by atoms with E-state index in [1.165, 1.54) is 77.0 Å². The van der Waals surface area contributed by atoms with Gasteiger partial charge < -0.3 is 0 Å². The molecule has 3 atom stereocenters. The van der Waals surface area contributed by atoms with E-state index < -0.39 is 0 Å². The Hall–Kier alpha value is 0. The second-order valence-corrected chi connectivity index (χ2v) is 13.1. The van der Waals surface area contributed by atoms with Crippen molar-refractivity contribution in [2.45, 2.75) is 181 Å². The van der Waals surface area contributed by atoms with Gasteiger partial charge in [-0.3, -0.25) is 0 Å². The summed E-state index contributed by atoms with van der Waals surface area (Å²) in [4.78, 5) is 0. The molecule has 0 saturated carbocycles. The van der Waals surface area contributed by atoms with Gasteiger partial charge in [0.05, 0.1) is 0 Å². The molecule has 212 valence electrons. The molecule has 0 aromatic heterocycles. The van der Waals surface area contributed by atoms with E-state index in [9.17, 15) is 0 Å². The summed E-state index contributed by atoms with van der Waals surface area (Å²) in [6.45, 7) is 34.2. The second-order valence-electron chi connectivity index (χ2n) is 13.1. The molecule has 0 spiro atoms. The molecule has 34 heavy (non-hydrogen) atoms. The Bertz CT molecular complexity index is 299. The highest BCUT2D eigenvalue weighted by molar-refractivity contribution is 4.61. The van der Waals surface area contributed by atoms with Gasteiger partial charge in [0, 0.05) is 0 Å². The lowest BCUT2D eigenvalue weighted by Crippen LogP contribution is -2.03. The average Bonchev–Trinajstić information content (AvgIpc) is 2.67. The minimum absolute atomic E-state index is 0.875. The SMILES string of the molecule is CC(C)CC(C)C.CC(C)CC(C)C.CCC.CCCCCC(C)CCCC(C)CC(C)CC. The molecule has 0 heteroatoms. The molecule has 0 heterocycles. The molecule has 0 aliphatic rings. The van der Waals surface area contributed by atoms with Crippen LogP contribution in [0.15, 0.2) is 0 Å². The van der Waals surface area contributed by atoms with Crippen LogP contribution in [-0.4, -0.2) is 0 Å². The monoisotopic (exact) mass is 485 g/mol. The fraction of sp³-hybridized carbons (Fsp3) is 1.00. The van der Waals surface area contributed by atoms with Gasteiger partial charge in [0.2, 0.25) is 0 Å². The van der Waals surface area contributed by atoms with Crippen LogP contribution in [0.1, 0.15) is 181 Å². The molecule has 0 radical (unpaired) electrons. The molecule has 0 aliphatic carbocycles. The van der Waals surface area contributed by atoms with Crippen molar-refractivity contribution >= 4 is 0 Å². The summed E-state index contributed by atoms with van der Waals surface area (Å²) in [6, 6.07) is 0. The van der Waals surface area contributed by atoms with E-state index in [4.69, 9.17) is 0 Å². The van der Waals surface area contributed by atoms with E-state index in [0.717, 1.165) is 41.4 Å². The third-order valence-corrected chi connectivity index (χ3v) is 6.08. The van der Waals surface area contributed by atoms with Crippen LogP contribution in [0, 0.1) is 41.4 Å². The first-order valence-electron chi connectivity index (χ1n) is 15.8. The Morgan fingerprint density at radius 2 is 0.735 bits per heavy atom. The summed E-state index contributed by atoms with van der Waals surface area (Å²) in [5.41, 5.74) is 0. The van der Waals surface area contributed by atoms with Gasteiger partial charge in [-0.05, 0) is 60.7 Å². The fourth-order valence-electron chi connectivity index (χ4n) is 4.56. The van der Waals surface area contributed by atoms with E-state index in [1.807, 2.05) is 0 Å². The van der Waals surface area contributed by atoms with Crippen LogP contribution in [0.5, 0.6) is 0 Å². The van der Waals surface area contributed by atoms with Crippen molar-refractivity contribution in [1.29, 1.82) is 0 Å². The fourth-order valence-corrected chi connectivity index (χ4v) is 4.56. The Morgan fingerprint density at radius 3 is 1.03 bits per heavy atom. The predicted molar refractivity (Wildman–Crippen MR) is 165 cm³/mol. The van der Waals surface area contributed by atoms with Crippen molar-refractivity contribution in [3.05, 3.63) is 0 Å². The Balaban J connectivity index is -0.000000218. The van der Waals surface area contributed by atoms with Crippen molar-refractivity contribution in [1.82, 2.24) is 0 Å². The minimum atomic E-state index is 0.875. The number of rotatable bonds is 15. The summed E-state index contributed by atoms with van der Waals surface area (Å²) in [6.07, 6.45) is 16.8. The van der Waals surface area contributed by atoms with E-state index in [0.29, 0.717) is 0 Å². The maximum Gasteiger partial charge on any atom is -0.0440 e. The molecule has 0 rings (SSSR count). The standard InChI is InChI=1S/C17H36.2C7H16.C3H8/c1-6-8-9-11-16(4)12-10-13-17(5)14-15(3)7-2;2*1-6(2)5-7(3)4;1-3-2/h15-17H,6-14H2,1-5H3;2*6-7H,5H2,1-4H3;3H2,1-2H3. The molecule has 0 aromatic carbocycles. The maximum atomic E-state index is 2.44. The average molecular weight is 485 g/mol. The highest BCUT2D eigenvalue weighted by Gasteiger charge is 2.08. The zero-order valence-corrected chi connectivity index (χ0v) is 27.5. The molecule has 0 bridgehead atoms. The number of hydrogen-bond acceptors (Lipinski definition) is 0. The molecule has 0 amide bonds. The number of unbranched alkanes of at least 4 members (excludes halogenated alkanes) is 2. The maximum absolute atomic E-state index is 2.44. The van der Waals surface area contributed by atoms with Crippen LogP contribution in [0.4, 0.5) is 0 Å². The molecule has 3 unspecified atom stereocenters. The van der Waals surface area contributed by atoms with Crippen LogP contribution in [0.3, 0.4) is 0 Å². The second kappa shape index (κ2) is 31.0. The first-order chi connectivity index (χ1) is 15.8. The van der Waals surface area contributed by atoms with Gasteiger partial charge in [0.1, 0.15) is 0 Å². The summed E-state index contributed by atoms with van der Waals surface area (Å²) in [5, 5.41) is 0. The van der Waals surface area contributed by atoms with Gasteiger partial charge in [-0.2, -0.15) is 0 Å². The van der Waals surface area contributed by atoms with Crippen LogP contribution >= 0.6 is 0 Å². The molecule has 0 fully saturated rings. The lowest BCUT2D eigenvalue weighted by atomic mass is 9.89. The summed E-state index contributed by atoms with van der Waals surface area (Å²) < 4.78 is 0. The molecule has 0 aromatic rings. The predicted octanol–water partition coefficient (Wildman–Crippen LogP) is 13.2. The van der Waals surface area contributed by atoms with Gasteiger partial charge in [-0.1, -0.05) is 162 Å². The molecular formula is C34H76. The normalized spacial score (nSPS) is 13.5. The van der Waals surface area contributed by atoms with Crippen LogP contribution in [-0.2, 0) is 0 Å². The third-order valence-electron chi connectivity index (χ3n) is 6.08. The Labute approximate surface area is 222 Å². The Morgan fingerprint density at radius 1 is 0.382 bits per heavy atom. The van der Waals surface area contributed by atoms with Crippen LogP contribution in [0.2, 0.25) is 0 Å². The number of hydrogen-bond donors (Lipinski definition) is 0. The van der Waals surface area contributed by atoms with Gasteiger partial charge in [-0.15, -0.1) is 0 Å². The molecule has 0 nitrogen and oxygen atoms in total. The zero-order chi connectivity index (χ0) is 27.5. The van der Waals surface area contributed by atoms with Gasteiger partial charge in [0.15, 0.2) is 0 Å². The van der Waals surface area contributed by atoms with Gasteiger partial charge in [0.25, 0.3) is 0 Å². The van der Waals surface area contributed by atoms with E-state index in [-0.39, 0.29) is 0 Å². The lowest BCUT2D eigenvalue weighted by Gasteiger charge is -2.17. The molecule has 0 aliphatic heterocycles. The largest absolute Gasteiger partial charge is 0.0656 e. The molecule has 0 saturated heterocycles. The summed E-state index contributed by atoms with van der Waals surface area (Å²) in [7, 11) is 0. The summed E-state index contributed by atoms with van der Waals surface area (Å²) in [5.74, 6) is 6.32. The first-order valence-corrected chi connectivity index (χ1v) is 15.8. The van der Waals surface area contributed by atoms with Crippen LogP contribution < -0.4 is 0 Å². The zero-order valence-electron chi connectivity index (χ0n) is 27.5. The first kappa shape index (κ1) is 41.1. The molecule has 0 N–H and O–H groups in total. The van der Waals surface area contributed by atoms with Crippen molar-refractivity contribution in [3.63, 3.8) is 0 Å². The van der Waals surface area contributed by atoms with Crippen molar-refractivity contribution in [3.8, 4) is 0 Å². The smallest absolute Gasteiger partial charge is 0.0440 e. The summed E-state index contributed by atoms with van der Waals surface area (Å²) >= 11 is 0. The highest BCUT2D eigenvalue weighted by Crippen LogP contribution is 2.22. The highest BCUT2D eigenvalue weighted by atomic mass is 14.1. The third kappa shape index (κ3) is 49.2. The van der Waals surface area contributed by atoms with Crippen molar-refractivity contribution in [2.75, 3.05) is 0 Å². The van der Waals surface area contributed by atoms with Gasteiger partial charge >= 0.3 is 0 Å². The molecular weight excluding hydrogens is 408 g/mol. The quantitative estimate of drug-likeness (QED) is 0.203. The van der Waals surface area contributed by atoms with Crippen LogP contribution in [0.25, 0.3) is 0 Å².